The number of benzene rings is 1. The molecule has 1 aromatic carbocycles. The van der Waals surface area contributed by atoms with Crippen molar-refractivity contribution < 1.29 is 22.4 Å². The van der Waals surface area contributed by atoms with E-state index in [0.717, 1.165) is 24.1 Å². The second kappa shape index (κ2) is 6.41. The summed E-state index contributed by atoms with van der Waals surface area (Å²) in [5, 5.41) is 4.91. The number of alkyl halides is 4. The van der Waals surface area contributed by atoms with E-state index < -0.39 is 18.3 Å². The average Bonchev–Trinajstić information content (AvgIpc) is 2.38. The van der Waals surface area contributed by atoms with Crippen LogP contribution in [0.2, 0.25) is 0 Å². The van der Waals surface area contributed by atoms with Gasteiger partial charge in [-0.2, -0.15) is 8.78 Å². The number of nitrogens with one attached hydrogen (secondary N) is 2. The zero-order valence-corrected chi connectivity index (χ0v) is 11.1. The van der Waals surface area contributed by atoms with Gasteiger partial charge in [0, 0.05) is 12.2 Å². The third kappa shape index (κ3) is 3.40. The molecule has 1 aliphatic heterocycles. The highest BCUT2D eigenvalue weighted by Gasteiger charge is 2.48. The monoisotopic (exact) mass is 312 g/mol. The van der Waals surface area contributed by atoms with E-state index in [1.807, 2.05) is 5.32 Å². The standard InChI is InChI=1S/C12H12F4N2O.ClH/c13-10(14)12(15,16)11(19)18-9-2-1-7-3-4-17-6-8(7)5-9;/h1-2,5,10,17H,3-4,6H2,(H,18,19);1H. The largest absolute Gasteiger partial charge is 0.383 e. The number of carbonyl (C=O) groups is 1. The van der Waals surface area contributed by atoms with Crippen molar-refractivity contribution in [2.45, 2.75) is 25.3 Å². The Morgan fingerprint density at radius 1 is 1.30 bits per heavy atom. The highest BCUT2D eigenvalue weighted by molar-refractivity contribution is 5.96. The lowest BCUT2D eigenvalue weighted by Gasteiger charge is -2.19. The first kappa shape index (κ1) is 16.7. The van der Waals surface area contributed by atoms with Gasteiger partial charge in [0.05, 0.1) is 0 Å². The van der Waals surface area contributed by atoms with E-state index in [1.54, 1.807) is 6.07 Å². The van der Waals surface area contributed by atoms with Gasteiger partial charge in [0.25, 0.3) is 0 Å². The minimum atomic E-state index is -4.69. The van der Waals surface area contributed by atoms with E-state index in [2.05, 4.69) is 5.32 Å². The van der Waals surface area contributed by atoms with Gasteiger partial charge in [0.2, 0.25) is 0 Å². The Bertz CT molecular complexity index is 496. The maximum absolute atomic E-state index is 12.8. The summed E-state index contributed by atoms with van der Waals surface area (Å²) in [7, 11) is 0. The second-order valence-electron chi connectivity index (χ2n) is 4.29. The maximum Gasteiger partial charge on any atom is 0.383 e. The predicted molar refractivity (Wildman–Crippen MR) is 68.7 cm³/mol. The smallest absolute Gasteiger partial charge is 0.321 e. The molecule has 0 saturated heterocycles. The number of rotatable bonds is 3. The maximum atomic E-state index is 12.8. The molecule has 0 bridgehead atoms. The highest BCUT2D eigenvalue weighted by Crippen LogP contribution is 2.26. The van der Waals surface area contributed by atoms with Crippen molar-refractivity contribution in [3.8, 4) is 0 Å². The molecule has 0 atom stereocenters. The normalized spacial score (nSPS) is 14.4. The van der Waals surface area contributed by atoms with Crippen molar-refractivity contribution in [3.05, 3.63) is 29.3 Å². The van der Waals surface area contributed by atoms with Gasteiger partial charge in [0.1, 0.15) is 0 Å². The van der Waals surface area contributed by atoms with Crippen LogP contribution in [0, 0.1) is 0 Å². The van der Waals surface area contributed by atoms with Crippen molar-refractivity contribution in [2.24, 2.45) is 0 Å². The number of hydrogen-bond donors (Lipinski definition) is 2. The Labute approximate surface area is 119 Å². The van der Waals surface area contributed by atoms with Crippen LogP contribution in [0.15, 0.2) is 18.2 Å². The van der Waals surface area contributed by atoms with Gasteiger partial charge in [-0.15, -0.1) is 12.4 Å². The fourth-order valence-corrected chi connectivity index (χ4v) is 1.87. The summed E-state index contributed by atoms with van der Waals surface area (Å²) in [6.07, 6.45) is -3.22. The SMILES string of the molecule is Cl.O=C(Nc1ccc2c(c1)CNCC2)C(F)(F)C(F)F. The van der Waals surface area contributed by atoms with Crippen LogP contribution in [0.5, 0.6) is 0 Å². The lowest BCUT2D eigenvalue weighted by molar-refractivity contribution is -0.163. The molecular formula is C12H13ClF4N2O. The quantitative estimate of drug-likeness (QED) is 0.842. The van der Waals surface area contributed by atoms with Crippen LogP contribution in [0.25, 0.3) is 0 Å². The molecule has 0 radical (unpaired) electrons. The fourth-order valence-electron chi connectivity index (χ4n) is 1.87. The van der Waals surface area contributed by atoms with Gasteiger partial charge in [-0.05, 0) is 36.2 Å². The van der Waals surface area contributed by atoms with Crippen molar-refractivity contribution in [1.82, 2.24) is 5.32 Å². The topological polar surface area (TPSA) is 41.1 Å². The molecule has 0 saturated carbocycles. The number of hydrogen-bond acceptors (Lipinski definition) is 2. The van der Waals surface area contributed by atoms with Crippen molar-refractivity contribution in [2.75, 3.05) is 11.9 Å². The third-order valence-electron chi connectivity index (χ3n) is 2.93. The predicted octanol–water partition coefficient (Wildman–Crippen LogP) is 2.59. The van der Waals surface area contributed by atoms with Gasteiger partial charge < -0.3 is 10.6 Å². The number of anilines is 1. The summed E-state index contributed by atoms with van der Waals surface area (Å²) in [6.45, 7) is 1.38. The van der Waals surface area contributed by atoms with E-state index in [0.29, 0.717) is 6.54 Å². The van der Waals surface area contributed by atoms with E-state index in [-0.39, 0.29) is 18.1 Å². The molecule has 1 aromatic rings. The Hall–Kier alpha value is -1.34. The lowest BCUT2D eigenvalue weighted by atomic mass is 10.0. The summed E-state index contributed by atoms with van der Waals surface area (Å²) >= 11 is 0. The Kier molecular flexibility index (Phi) is 5.35. The van der Waals surface area contributed by atoms with Gasteiger partial charge in [0.15, 0.2) is 0 Å². The van der Waals surface area contributed by atoms with Gasteiger partial charge >= 0.3 is 18.3 Å². The molecule has 0 spiro atoms. The molecule has 0 unspecified atom stereocenters. The number of carbonyl (C=O) groups excluding carboxylic acids is 1. The Morgan fingerprint density at radius 2 is 2.00 bits per heavy atom. The van der Waals surface area contributed by atoms with Gasteiger partial charge in [-0.3, -0.25) is 4.79 Å². The summed E-state index contributed by atoms with van der Waals surface area (Å²) in [6, 6.07) is 4.65. The van der Waals surface area contributed by atoms with Crippen LogP contribution in [0.3, 0.4) is 0 Å². The molecule has 0 fully saturated rings. The second-order valence-corrected chi connectivity index (χ2v) is 4.29. The minimum absolute atomic E-state index is 0. The first-order chi connectivity index (χ1) is 8.91. The number of amides is 1. The van der Waals surface area contributed by atoms with E-state index >= 15 is 0 Å². The molecular weight excluding hydrogens is 300 g/mol. The van der Waals surface area contributed by atoms with Crippen LogP contribution in [-0.4, -0.2) is 24.8 Å². The van der Waals surface area contributed by atoms with Crippen LogP contribution >= 0.6 is 12.4 Å². The molecule has 2 rings (SSSR count). The van der Waals surface area contributed by atoms with Crippen molar-refractivity contribution in [3.63, 3.8) is 0 Å². The van der Waals surface area contributed by atoms with Gasteiger partial charge in [-0.1, -0.05) is 6.07 Å². The molecule has 1 heterocycles. The van der Waals surface area contributed by atoms with E-state index in [4.69, 9.17) is 0 Å². The molecule has 1 aliphatic rings. The first-order valence-corrected chi connectivity index (χ1v) is 5.71. The van der Waals surface area contributed by atoms with Crippen molar-refractivity contribution >= 4 is 24.0 Å². The summed E-state index contributed by atoms with van der Waals surface area (Å²) in [4.78, 5) is 11.1. The molecule has 8 heteroatoms. The summed E-state index contributed by atoms with van der Waals surface area (Å²) in [5.74, 6) is -6.68. The molecule has 1 amide bonds. The fraction of sp³-hybridized carbons (Fsp3) is 0.417. The molecule has 112 valence electrons. The van der Waals surface area contributed by atoms with Gasteiger partial charge in [-0.25, -0.2) is 8.78 Å². The first-order valence-electron chi connectivity index (χ1n) is 5.71. The van der Waals surface area contributed by atoms with E-state index in [1.165, 1.54) is 12.1 Å². The molecule has 0 aromatic heterocycles. The Balaban J connectivity index is 0.00000200. The zero-order valence-electron chi connectivity index (χ0n) is 10.3. The van der Waals surface area contributed by atoms with Crippen LogP contribution in [0.1, 0.15) is 11.1 Å². The van der Waals surface area contributed by atoms with E-state index in [9.17, 15) is 22.4 Å². The zero-order chi connectivity index (χ0) is 14.0. The molecule has 0 aliphatic carbocycles. The number of fused-ring (bicyclic) bond motifs is 1. The highest BCUT2D eigenvalue weighted by atomic mass is 35.5. The number of halogens is 5. The summed E-state index contributed by atoms with van der Waals surface area (Å²) in [5.41, 5.74) is 2.01. The molecule has 3 nitrogen and oxygen atoms in total. The van der Waals surface area contributed by atoms with Crippen LogP contribution in [-0.2, 0) is 17.8 Å². The van der Waals surface area contributed by atoms with Crippen LogP contribution < -0.4 is 10.6 Å². The third-order valence-corrected chi connectivity index (χ3v) is 2.93. The summed E-state index contributed by atoms with van der Waals surface area (Å²) < 4.78 is 49.6. The lowest BCUT2D eigenvalue weighted by Crippen LogP contribution is -2.41. The minimum Gasteiger partial charge on any atom is -0.321 e. The molecule has 2 N–H and O–H groups in total. The van der Waals surface area contributed by atoms with Crippen LogP contribution in [0.4, 0.5) is 23.2 Å². The van der Waals surface area contributed by atoms with Crippen molar-refractivity contribution in [1.29, 1.82) is 0 Å². The Morgan fingerprint density at radius 3 is 2.65 bits per heavy atom. The average molecular weight is 313 g/mol. The molecule has 20 heavy (non-hydrogen) atoms.